The van der Waals surface area contributed by atoms with Gasteiger partial charge >= 0.3 is 6.09 Å². The first-order valence-electron chi connectivity index (χ1n) is 5.84. The number of carbonyl (C=O) groups is 2. The summed E-state index contributed by atoms with van der Waals surface area (Å²) in [6.07, 6.45) is 3.53. The molecular formula is C11H12N4O3. The molecule has 18 heavy (non-hydrogen) atoms. The van der Waals surface area contributed by atoms with Crippen molar-refractivity contribution in [3.05, 3.63) is 23.3 Å². The van der Waals surface area contributed by atoms with Crippen molar-refractivity contribution in [3.63, 3.8) is 0 Å². The first kappa shape index (κ1) is 10.9. The Labute approximate surface area is 103 Å². The molecule has 1 aromatic rings. The van der Waals surface area contributed by atoms with Gasteiger partial charge in [0.15, 0.2) is 0 Å². The Kier molecular flexibility index (Phi) is 2.58. The number of nitrogens with zero attached hydrogens (tertiary/aromatic N) is 3. The molecule has 0 atom stereocenters. The number of hydrogen-bond donors (Lipinski definition) is 1. The SMILES string of the molecule is O=C(NN1CCOC1=O)c1ncnc2c1CCC2. The van der Waals surface area contributed by atoms with Crippen LogP contribution < -0.4 is 5.43 Å². The third-order valence-corrected chi connectivity index (χ3v) is 3.09. The molecule has 0 spiro atoms. The molecule has 1 N–H and O–H groups in total. The summed E-state index contributed by atoms with van der Waals surface area (Å²) in [7, 11) is 0. The Morgan fingerprint density at radius 3 is 3.06 bits per heavy atom. The van der Waals surface area contributed by atoms with E-state index in [0.717, 1.165) is 35.5 Å². The van der Waals surface area contributed by atoms with E-state index in [1.807, 2.05) is 0 Å². The van der Waals surface area contributed by atoms with E-state index in [1.165, 1.54) is 6.33 Å². The number of nitrogens with one attached hydrogen (secondary N) is 1. The standard InChI is InChI=1S/C11H12N4O3/c16-10(14-15-4-5-18-11(15)17)9-7-2-1-3-8(7)12-6-13-9/h6H,1-5H2,(H,14,16). The molecule has 1 aromatic heterocycles. The summed E-state index contributed by atoms with van der Waals surface area (Å²) in [5.74, 6) is -0.380. The Morgan fingerprint density at radius 2 is 2.28 bits per heavy atom. The minimum absolute atomic E-state index is 0.293. The highest BCUT2D eigenvalue weighted by Gasteiger charge is 2.27. The number of hydrazine groups is 1. The van der Waals surface area contributed by atoms with E-state index in [0.29, 0.717) is 18.8 Å². The monoisotopic (exact) mass is 248 g/mol. The predicted molar refractivity (Wildman–Crippen MR) is 59.6 cm³/mol. The summed E-state index contributed by atoms with van der Waals surface area (Å²) < 4.78 is 4.73. The van der Waals surface area contributed by atoms with Crippen LogP contribution in [0.25, 0.3) is 0 Å². The van der Waals surface area contributed by atoms with Crippen LogP contribution in [-0.4, -0.2) is 40.1 Å². The van der Waals surface area contributed by atoms with E-state index in [4.69, 9.17) is 4.74 Å². The van der Waals surface area contributed by atoms with Gasteiger partial charge in [-0.2, -0.15) is 0 Å². The molecule has 3 rings (SSSR count). The van der Waals surface area contributed by atoms with Crippen molar-refractivity contribution >= 4 is 12.0 Å². The lowest BCUT2D eigenvalue weighted by atomic mass is 10.2. The van der Waals surface area contributed by atoms with E-state index in [9.17, 15) is 9.59 Å². The van der Waals surface area contributed by atoms with Crippen LogP contribution in [0.4, 0.5) is 4.79 Å². The average molecular weight is 248 g/mol. The molecule has 0 unspecified atom stereocenters. The molecule has 2 amide bonds. The van der Waals surface area contributed by atoms with Crippen LogP contribution in [-0.2, 0) is 17.6 Å². The van der Waals surface area contributed by atoms with Crippen LogP contribution in [0, 0.1) is 0 Å². The van der Waals surface area contributed by atoms with Gasteiger partial charge in [0.25, 0.3) is 5.91 Å². The molecule has 0 bridgehead atoms. The van der Waals surface area contributed by atoms with E-state index in [1.54, 1.807) is 0 Å². The van der Waals surface area contributed by atoms with Gasteiger partial charge in [0.05, 0.1) is 6.54 Å². The fraction of sp³-hybridized carbons (Fsp3) is 0.455. The van der Waals surface area contributed by atoms with Crippen molar-refractivity contribution in [2.24, 2.45) is 0 Å². The highest BCUT2D eigenvalue weighted by atomic mass is 16.6. The smallest absolute Gasteiger partial charge is 0.428 e. The van der Waals surface area contributed by atoms with Crippen LogP contribution >= 0.6 is 0 Å². The zero-order valence-corrected chi connectivity index (χ0v) is 9.68. The highest BCUT2D eigenvalue weighted by molar-refractivity contribution is 5.94. The number of cyclic esters (lactones) is 1. The first-order valence-corrected chi connectivity index (χ1v) is 5.84. The number of hydrogen-bond acceptors (Lipinski definition) is 5. The fourth-order valence-electron chi connectivity index (χ4n) is 2.23. The number of fused-ring (bicyclic) bond motifs is 1. The van der Waals surface area contributed by atoms with Crippen molar-refractivity contribution in [3.8, 4) is 0 Å². The minimum Gasteiger partial charge on any atom is -0.446 e. The maximum Gasteiger partial charge on any atom is 0.428 e. The quantitative estimate of drug-likeness (QED) is 0.800. The number of rotatable bonds is 2. The van der Waals surface area contributed by atoms with E-state index in [-0.39, 0.29) is 5.91 Å². The molecule has 1 aliphatic heterocycles. The van der Waals surface area contributed by atoms with Gasteiger partial charge in [0, 0.05) is 11.3 Å². The van der Waals surface area contributed by atoms with Crippen molar-refractivity contribution in [1.82, 2.24) is 20.4 Å². The van der Waals surface area contributed by atoms with Crippen molar-refractivity contribution in [1.29, 1.82) is 0 Å². The Bertz CT molecular complexity index is 517. The molecule has 7 heteroatoms. The van der Waals surface area contributed by atoms with Gasteiger partial charge in [-0.3, -0.25) is 10.2 Å². The van der Waals surface area contributed by atoms with Gasteiger partial charge in [-0.15, -0.1) is 0 Å². The molecule has 0 saturated carbocycles. The molecule has 94 valence electrons. The zero-order valence-electron chi connectivity index (χ0n) is 9.68. The molecule has 0 aromatic carbocycles. The lowest BCUT2D eigenvalue weighted by Crippen LogP contribution is -2.43. The Morgan fingerprint density at radius 1 is 1.39 bits per heavy atom. The first-order chi connectivity index (χ1) is 8.75. The highest BCUT2D eigenvalue weighted by Crippen LogP contribution is 2.21. The van der Waals surface area contributed by atoms with Crippen LogP contribution in [0.3, 0.4) is 0 Å². The molecule has 1 aliphatic carbocycles. The van der Waals surface area contributed by atoms with E-state index < -0.39 is 6.09 Å². The van der Waals surface area contributed by atoms with Gasteiger partial charge in [-0.05, 0) is 19.3 Å². The average Bonchev–Trinajstić information content (AvgIpc) is 2.98. The topological polar surface area (TPSA) is 84.4 Å². The third kappa shape index (κ3) is 1.77. The maximum absolute atomic E-state index is 12.1. The summed E-state index contributed by atoms with van der Waals surface area (Å²) in [5.41, 5.74) is 4.68. The van der Waals surface area contributed by atoms with Crippen LogP contribution in [0.5, 0.6) is 0 Å². The Hall–Kier alpha value is -2.18. The number of aromatic nitrogens is 2. The van der Waals surface area contributed by atoms with E-state index in [2.05, 4.69) is 15.4 Å². The molecular weight excluding hydrogens is 236 g/mol. The van der Waals surface area contributed by atoms with Crippen molar-refractivity contribution < 1.29 is 14.3 Å². The van der Waals surface area contributed by atoms with Gasteiger partial charge in [-0.25, -0.2) is 19.8 Å². The Balaban J connectivity index is 1.80. The lowest BCUT2D eigenvalue weighted by molar-refractivity contribution is 0.0825. The number of ether oxygens (including phenoxy) is 1. The summed E-state index contributed by atoms with van der Waals surface area (Å²) in [6.45, 7) is 0.652. The number of carbonyl (C=O) groups excluding carboxylic acids is 2. The number of aryl methyl sites for hydroxylation is 1. The second-order valence-corrected chi connectivity index (χ2v) is 4.21. The van der Waals surface area contributed by atoms with Crippen molar-refractivity contribution in [2.45, 2.75) is 19.3 Å². The van der Waals surface area contributed by atoms with Crippen LogP contribution in [0.1, 0.15) is 28.2 Å². The van der Waals surface area contributed by atoms with Crippen LogP contribution in [0.15, 0.2) is 6.33 Å². The summed E-state index contributed by atoms with van der Waals surface area (Å²) in [6, 6.07) is 0. The largest absolute Gasteiger partial charge is 0.446 e. The second-order valence-electron chi connectivity index (χ2n) is 4.21. The van der Waals surface area contributed by atoms with Crippen molar-refractivity contribution in [2.75, 3.05) is 13.2 Å². The molecule has 1 fully saturated rings. The minimum atomic E-state index is -0.533. The normalized spacial score (nSPS) is 17.6. The summed E-state index contributed by atoms with van der Waals surface area (Å²) in [4.78, 5) is 31.5. The molecule has 1 saturated heterocycles. The zero-order chi connectivity index (χ0) is 12.5. The van der Waals surface area contributed by atoms with Crippen LogP contribution in [0.2, 0.25) is 0 Å². The predicted octanol–water partition coefficient (Wildman–Crippen LogP) is 0.0623. The van der Waals surface area contributed by atoms with Gasteiger partial charge in [0.2, 0.25) is 0 Å². The second kappa shape index (κ2) is 4.25. The van der Waals surface area contributed by atoms with Gasteiger partial charge in [0.1, 0.15) is 18.6 Å². The van der Waals surface area contributed by atoms with E-state index >= 15 is 0 Å². The lowest BCUT2D eigenvalue weighted by Gasteiger charge is -2.14. The molecule has 2 heterocycles. The molecule has 0 radical (unpaired) electrons. The summed E-state index contributed by atoms with van der Waals surface area (Å²) >= 11 is 0. The maximum atomic E-state index is 12.1. The van der Waals surface area contributed by atoms with Gasteiger partial charge in [-0.1, -0.05) is 0 Å². The summed E-state index contributed by atoms with van der Waals surface area (Å²) in [5, 5.41) is 1.16. The number of amides is 2. The molecule has 7 nitrogen and oxygen atoms in total. The molecule has 2 aliphatic rings. The fourth-order valence-corrected chi connectivity index (χ4v) is 2.23. The van der Waals surface area contributed by atoms with Gasteiger partial charge < -0.3 is 4.74 Å². The third-order valence-electron chi connectivity index (χ3n) is 3.09.